The molecule has 0 aliphatic heterocycles. The van der Waals surface area contributed by atoms with E-state index in [9.17, 15) is 0 Å². The van der Waals surface area contributed by atoms with E-state index in [4.69, 9.17) is 4.98 Å². The molecule has 3 unspecified atom stereocenters. The van der Waals surface area contributed by atoms with Crippen molar-refractivity contribution in [3.05, 3.63) is 23.3 Å². The van der Waals surface area contributed by atoms with Gasteiger partial charge in [-0.3, -0.25) is 0 Å². The highest BCUT2D eigenvalue weighted by Gasteiger charge is 2.37. The summed E-state index contributed by atoms with van der Waals surface area (Å²) in [5.74, 6) is 2.53. The highest BCUT2D eigenvalue weighted by molar-refractivity contribution is 5.26. The number of rotatable bonds is 4. The zero-order valence-corrected chi connectivity index (χ0v) is 11.4. The summed E-state index contributed by atoms with van der Waals surface area (Å²) in [5, 5.41) is 3.62. The Morgan fingerprint density at radius 3 is 3.00 bits per heavy atom. The topological polar surface area (TPSA) is 37.8 Å². The van der Waals surface area contributed by atoms with E-state index in [-0.39, 0.29) is 0 Å². The van der Waals surface area contributed by atoms with Gasteiger partial charge in [0, 0.05) is 29.4 Å². The lowest BCUT2D eigenvalue weighted by Gasteiger charge is -2.25. The van der Waals surface area contributed by atoms with Crippen molar-refractivity contribution in [1.29, 1.82) is 0 Å². The van der Waals surface area contributed by atoms with Crippen molar-refractivity contribution in [2.75, 3.05) is 6.54 Å². The van der Waals surface area contributed by atoms with E-state index in [0.29, 0.717) is 12.0 Å². The van der Waals surface area contributed by atoms with Crippen molar-refractivity contribution in [2.45, 2.75) is 57.9 Å². The summed E-state index contributed by atoms with van der Waals surface area (Å²) in [7, 11) is 0. The summed E-state index contributed by atoms with van der Waals surface area (Å²) in [5.41, 5.74) is 2.66. The SMILES string of the molecule is CCCNC1CCCc2nc(C3CC3C)ncc21. The normalized spacial score (nSPS) is 30.0. The van der Waals surface area contributed by atoms with Gasteiger partial charge in [0.05, 0.1) is 0 Å². The maximum absolute atomic E-state index is 4.83. The second-order valence-electron chi connectivity index (χ2n) is 5.85. The zero-order chi connectivity index (χ0) is 12.5. The van der Waals surface area contributed by atoms with Crippen LogP contribution in [0.5, 0.6) is 0 Å². The molecule has 1 aromatic rings. The Kier molecular flexibility index (Phi) is 3.33. The van der Waals surface area contributed by atoms with Crippen molar-refractivity contribution in [2.24, 2.45) is 5.92 Å². The third-order valence-corrected chi connectivity index (χ3v) is 4.28. The molecule has 1 fully saturated rings. The molecule has 18 heavy (non-hydrogen) atoms. The molecule has 3 rings (SSSR count). The number of aromatic nitrogens is 2. The molecule has 2 aliphatic carbocycles. The molecular formula is C15H23N3. The molecule has 0 saturated heterocycles. The fraction of sp³-hybridized carbons (Fsp3) is 0.733. The van der Waals surface area contributed by atoms with Gasteiger partial charge in [0.2, 0.25) is 0 Å². The molecule has 3 heteroatoms. The second-order valence-corrected chi connectivity index (χ2v) is 5.85. The Labute approximate surface area is 109 Å². The highest BCUT2D eigenvalue weighted by Crippen LogP contribution is 2.45. The van der Waals surface area contributed by atoms with Crippen molar-refractivity contribution >= 4 is 0 Å². The molecular weight excluding hydrogens is 222 g/mol. The maximum atomic E-state index is 4.83. The molecule has 1 N–H and O–H groups in total. The van der Waals surface area contributed by atoms with Crippen molar-refractivity contribution in [1.82, 2.24) is 15.3 Å². The summed E-state index contributed by atoms with van der Waals surface area (Å²) in [6, 6.07) is 0.486. The van der Waals surface area contributed by atoms with Crippen LogP contribution in [0.4, 0.5) is 0 Å². The Hall–Kier alpha value is -0.960. The quantitative estimate of drug-likeness (QED) is 0.886. The van der Waals surface area contributed by atoms with Crippen molar-refractivity contribution in [3.63, 3.8) is 0 Å². The minimum absolute atomic E-state index is 0.486. The first-order valence-electron chi connectivity index (χ1n) is 7.38. The monoisotopic (exact) mass is 245 g/mol. The molecule has 0 radical (unpaired) electrons. The number of hydrogen-bond donors (Lipinski definition) is 1. The van der Waals surface area contributed by atoms with Gasteiger partial charge < -0.3 is 5.32 Å². The first-order valence-corrected chi connectivity index (χ1v) is 7.38. The van der Waals surface area contributed by atoms with Gasteiger partial charge in [-0.1, -0.05) is 13.8 Å². The fourth-order valence-electron chi connectivity index (χ4n) is 2.95. The Bertz CT molecular complexity index is 430. The van der Waals surface area contributed by atoms with Gasteiger partial charge in [-0.2, -0.15) is 0 Å². The molecule has 0 amide bonds. The van der Waals surface area contributed by atoms with Gasteiger partial charge in [0.1, 0.15) is 5.82 Å². The van der Waals surface area contributed by atoms with Crippen LogP contribution in [0.15, 0.2) is 6.20 Å². The first kappa shape index (κ1) is 12.1. The smallest absolute Gasteiger partial charge is 0.131 e. The Balaban J connectivity index is 1.80. The van der Waals surface area contributed by atoms with Crippen molar-refractivity contribution in [3.8, 4) is 0 Å². The lowest BCUT2D eigenvalue weighted by molar-refractivity contribution is 0.452. The van der Waals surface area contributed by atoms with Crippen LogP contribution in [-0.4, -0.2) is 16.5 Å². The lowest BCUT2D eigenvalue weighted by atomic mass is 9.92. The summed E-state index contributed by atoms with van der Waals surface area (Å²) in [6.45, 7) is 5.59. The van der Waals surface area contributed by atoms with Crippen LogP contribution in [0, 0.1) is 5.92 Å². The van der Waals surface area contributed by atoms with Gasteiger partial charge in [0.15, 0.2) is 0 Å². The van der Waals surface area contributed by atoms with Crippen LogP contribution in [0.2, 0.25) is 0 Å². The third kappa shape index (κ3) is 2.28. The van der Waals surface area contributed by atoms with E-state index in [2.05, 4.69) is 30.3 Å². The van der Waals surface area contributed by atoms with E-state index in [1.165, 1.54) is 36.9 Å². The van der Waals surface area contributed by atoms with Gasteiger partial charge in [-0.05, 0) is 44.6 Å². The number of nitrogens with zero attached hydrogens (tertiary/aromatic N) is 2. The van der Waals surface area contributed by atoms with Gasteiger partial charge in [-0.25, -0.2) is 9.97 Å². The molecule has 98 valence electrons. The van der Waals surface area contributed by atoms with Gasteiger partial charge >= 0.3 is 0 Å². The number of fused-ring (bicyclic) bond motifs is 1. The van der Waals surface area contributed by atoms with E-state index in [1.807, 2.05) is 0 Å². The molecule has 1 heterocycles. The molecule has 0 spiro atoms. The van der Waals surface area contributed by atoms with Gasteiger partial charge in [0.25, 0.3) is 0 Å². The highest BCUT2D eigenvalue weighted by atomic mass is 15.0. The van der Waals surface area contributed by atoms with Crippen LogP contribution >= 0.6 is 0 Å². The number of aryl methyl sites for hydroxylation is 1. The molecule has 0 bridgehead atoms. The number of nitrogens with one attached hydrogen (secondary N) is 1. The zero-order valence-electron chi connectivity index (χ0n) is 11.4. The molecule has 1 saturated carbocycles. The summed E-state index contributed by atoms with van der Waals surface area (Å²) >= 11 is 0. The average molecular weight is 245 g/mol. The minimum atomic E-state index is 0.486. The number of hydrogen-bond acceptors (Lipinski definition) is 3. The molecule has 3 atom stereocenters. The molecule has 3 nitrogen and oxygen atoms in total. The Morgan fingerprint density at radius 2 is 2.28 bits per heavy atom. The van der Waals surface area contributed by atoms with Crippen LogP contribution < -0.4 is 5.32 Å². The summed E-state index contributed by atoms with van der Waals surface area (Å²) in [6.07, 6.45) is 8.17. The van der Waals surface area contributed by atoms with Crippen molar-refractivity contribution < 1.29 is 0 Å². The summed E-state index contributed by atoms with van der Waals surface area (Å²) < 4.78 is 0. The average Bonchev–Trinajstić information content (AvgIpc) is 3.13. The Morgan fingerprint density at radius 1 is 1.44 bits per heavy atom. The van der Waals surface area contributed by atoms with Crippen LogP contribution in [0.1, 0.15) is 68.6 Å². The first-order chi connectivity index (χ1) is 8.79. The van der Waals surface area contributed by atoms with Crippen LogP contribution in [-0.2, 0) is 6.42 Å². The molecule has 2 aliphatic rings. The molecule has 1 aromatic heterocycles. The van der Waals surface area contributed by atoms with E-state index >= 15 is 0 Å². The van der Waals surface area contributed by atoms with Gasteiger partial charge in [-0.15, -0.1) is 0 Å². The second kappa shape index (κ2) is 4.96. The largest absolute Gasteiger partial charge is 0.310 e. The van der Waals surface area contributed by atoms with E-state index in [0.717, 1.165) is 24.7 Å². The van der Waals surface area contributed by atoms with Crippen LogP contribution in [0.3, 0.4) is 0 Å². The molecule has 0 aromatic carbocycles. The maximum Gasteiger partial charge on any atom is 0.131 e. The van der Waals surface area contributed by atoms with E-state index in [1.54, 1.807) is 0 Å². The third-order valence-electron chi connectivity index (χ3n) is 4.28. The van der Waals surface area contributed by atoms with E-state index < -0.39 is 0 Å². The summed E-state index contributed by atoms with van der Waals surface area (Å²) in [4.78, 5) is 9.44. The standard InChI is InChI=1S/C15H23N3/c1-3-7-16-13-5-4-6-14-12(13)9-17-15(18-14)11-8-10(11)2/h9-11,13,16H,3-8H2,1-2H3. The van der Waals surface area contributed by atoms with Crippen LogP contribution in [0.25, 0.3) is 0 Å². The predicted molar refractivity (Wildman–Crippen MR) is 72.5 cm³/mol. The minimum Gasteiger partial charge on any atom is -0.310 e. The lowest BCUT2D eigenvalue weighted by Crippen LogP contribution is -2.27. The predicted octanol–water partition coefficient (Wildman–Crippen LogP) is 2.98. The fourth-order valence-corrected chi connectivity index (χ4v) is 2.95.